The fourth-order valence-electron chi connectivity index (χ4n) is 3.19. The van der Waals surface area contributed by atoms with Crippen molar-refractivity contribution in [2.75, 3.05) is 6.61 Å². The van der Waals surface area contributed by atoms with Crippen LogP contribution in [0, 0.1) is 11.8 Å². The van der Waals surface area contributed by atoms with E-state index in [1.54, 1.807) is 11.8 Å². The van der Waals surface area contributed by atoms with E-state index in [2.05, 4.69) is 38.1 Å². The highest BCUT2D eigenvalue weighted by molar-refractivity contribution is 7.99. The first-order valence-electron chi connectivity index (χ1n) is 8.82. The number of rotatable bonds is 6. The molecule has 2 aromatic carbocycles. The van der Waals surface area contributed by atoms with Gasteiger partial charge in [-0.25, -0.2) is 0 Å². The van der Waals surface area contributed by atoms with Gasteiger partial charge in [-0.05, 0) is 29.5 Å². The molecule has 1 heterocycles. The average Bonchev–Trinajstić information content (AvgIpc) is 2.66. The van der Waals surface area contributed by atoms with Crippen molar-refractivity contribution in [1.82, 2.24) is 0 Å². The van der Waals surface area contributed by atoms with E-state index in [-0.39, 0.29) is 30.2 Å². The van der Waals surface area contributed by atoms with Gasteiger partial charge in [0.1, 0.15) is 5.44 Å². The summed E-state index contributed by atoms with van der Waals surface area (Å²) in [5.74, 6) is 0.550. The van der Waals surface area contributed by atoms with Crippen LogP contribution in [0.2, 0.25) is 0 Å². The fourth-order valence-corrected chi connectivity index (χ4v) is 4.43. The van der Waals surface area contributed by atoms with Gasteiger partial charge in [0.05, 0.1) is 25.4 Å². The lowest BCUT2D eigenvalue weighted by atomic mass is 9.84. The summed E-state index contributed by atoms with van der Waals surface area (Å²) in [4.78, 5) is 1.15. The van der Waals surface area contributed by atoms with Crippen LogP contribution in [0.15, 0.2) is 65.6 Å². The Balaban J connectivity index is 1.74. The van der Waals surface area contributed by atoms with E-state index >= 15 is 0 Å². The highest BCUT2D eigenvalue weighted by Crippen LogP contribution is 2.40. The molecular weight excluding hydrogens is 332 g/mol. The van der Waals surface area contributed by atoms with Gasteiger partial charge >= 0.3 is 0 Å². The standard InChI is InChI=1S/C21H26O3S/c1-15-16(2)20(23-14-17-9-5-3-6-10-17)21(24-19(15)13-22)25-18-11-7-4-8-12-18/h3-12,15-16,19-22H,13-14H2,1-2H3/t15-,16-,19?,20?,21+/m0/s1. The van der Waals surface area contributed by atoms with E-state index in [1.807, 2.05) is 36.4 Å². The summed E-state index contributed by atoms with van der Waals surface area (Å²) in [5, 5.41) is 9.68. The number of ether oxygens (including phenoxy) is 2. The minimum absolute atomic E-state index is 0.0248. The van der Waals surface area contributed by atoms with Crippen molar-refractivity contribution in [3.8, 4) is 0 Å². The van der Waals surface area contributed by atoms with Crippen LogP contribution in [0.1, 0.15) is 19.4 Å². The SMILES string of the molecule is C[C@@H]1C(CO)O[C@H](Sc2ccccc2)C(OCc2ccccc2)[C@H]1C. The predicted octanol–water partition coefficient (Wildman–Crippen LogP) is 4.35. The van der Waals surface area contributed by atoms with Crippen molar-refractivity contribution in [3.63, 3.8) is 0 Å². The number of hydrogen-bond donors (Lipinski definition) is 1. The molecule has 0 radical (unpaired) electrons. The van der Waals surface area contributed by atoms with Crippen molar-refractivity contribution < 1.29 is 14.6 Å². The molecule has 0 amide bonds. The Bertz CT molecular complexity index is 634. The fraction of sp³-hybridized carbons (Fsp3) is 0.429. The van der Waals surface area contributed by atoms with Gasteiger partial charge in [0, 0.05) is 4.90 Å². The Morgan fingerprint density at radius 2 is 1.60 bits per heavy atom. The lowest BCUT2D eigenvalue weighted by Gasteiger charge is -2.44. The van der Waals surface area contributed by atoms with Crippen molar-refractivity contribution in [1.29, 1.82) is 0 Å². The van der Waals surface area contributed by atoms with Crippen LogP contribution >= 0.6 is 11.8 Å². The van der Waals surface area contributed by atoms with Crippen LogP contribution in [-0.4, -0.2) is 29.4 Å². The molecule has 0 spiro atoms. The second-order valence-electron chi connectivity index (χ2n) is 6.64. The summed E-state index contributed by atoms with van der Waals surface area (Å²) >= 11 is 1.67. The zero-order valence-electron chi connectivity index (χ0n) is 14.7. The normalized spacial score (nSPS) is 29.5. The Hall–Kier alpha value is -1.33. The topological polar surface area (TPSA) is 38.7 Å². The van der Waals surface area contributed by atoms with Crippen LogP contribution in [0.5, 0.6) is 0 Å². The molecule has 1 aliphatic rings. The maximum absolute atomic E-state index is 9.68. The maximum Gasteiger partial charge on any atom is 0.134 e. The average molecular weight is 359 g/mol. The van der Waals surface area contributed by atoms with Gasteiger partial charge < -0.3 is 14.6 Å². The Labute approximate surface area is 154 Å². The zero-order valence-corrected chi connectivity index (χ0v) is 15.6. The summed E-state index contributed by atoms with van der Waals surface area (Å²) in [7, 11) is 0. The first-order valence-corrected chi connectivity index (χ1v) is 9.70. The Morgan fingerprint density at radius 3 is 2.24 bits per heavy atom. The molecule has 0 saturated carbocycles. The quantitative estimate of drug-likeness (QED) is 0.833. The van der Waals surface area contributed by atoms with Crippen LogP contribution in [0.25, 0.3) is 0 Å². The van der Waals surface area contributed by atoms with Gasteiger partial charge in [0.2, 0.25) is 0 Å². The van der Waals surface area contributed by atoms with Gasteiger partial charge in [-0.2, -0.15) is 0 Å². The summed E-state index contributed by atoms with van der Waals surface area (Å²) in [6.45, 7) is 4.95. The van der Waals surface area contributed by atoms with E-state index in [1.165, 1.54) is 0 Å². The minimum atomic E-state index is -0.146. The third-order valence-electron chi connectivity index (χ3n) is 4.97. The molecule has 2 unspecified atom stereocenters. The molecule has 1 N–H and O–H groups in total. The van der Waals surface area contributed by atoms with E-state index in [0.29, 0.717) is 12.5 Å². The van der Waals surface area contributed by atoms with Gasteiger partial charge in [-0.3, -0.25) is 0 Å². The monoisotopic (exact) mass is 358 g/mol. The molecule has 0 aliphatic carbocycles. The van der Waals surface area contributed by atoms with Crippen molar-refractivity contribution in [2.24, 2.45) is 11.8 Å². The highest BCUT2D eigenvalue weighted by atomic mass is 32.2. The van der Waals surface area contributed by atoms with Crippen molar-refractivity contribution >= 4 is 11.8 Å². The molecule has 1 fully saturated rings. The van der Waals surface area contributed by atoms with Gasteiger partial charge in [0.25, 0.3) is 0 Å². The molecular formula is C21H26O3S. The van der Waals surface area contributed by atoms with E-state index in [4.69, 9.17) is 9.47 Å². The summed E-state index contributed by atoms with van der Waals surface area (Å²) in [6, 6.07) is 20.5. The van der Waals surface area contributed by atoms with Gasteiger partial charge in [-0.15, -0.1) is 0 Å². The highest BCUT2D eigenvalue weighted by Gasteiger charge is 2.42. The number of thioether (sulfide) groups is 1. The molecule has 3 nitrogen and oxygen atoms in total. The first-order chi connectivity index (χ1) is 12.2. The number of aliphatic hydroxyl groups is 1. The summed E-state index contributed by atoms with van der Waals surface area (Å²) in [6.07, 6.45) is -0.170. The molecule has 5 atom stereocenters. The molecule has 1 aliphatic heterocycles. The van der Waals surface area contributed by atoms with Crippen LogP contribution < -0.4 is 0 Å². The van der Waals surface area contributed by atoms with Crippen LogP contribution in [0.3, 0.4) is 0 Å². The maximum atomic E-state index is 9.68. The second-order valence-corrected chi connectivity index (χ2v) is 7.81. The Kier molecular flexibility index (Phi) is 6.54. The van der Waals surface area contributed by atoms with Crippen molar-refractivity contribution in [2.45, 2.75) is 43.0 Å². The molecule has 25 heavy (non-hydrogen) atoms. The first kappa shape index (κ1) is 18.5. The summed E-state index contributed by atoms with van der Waals surface area (Å²) in [5.41, 5.74) is 1.03. The molecule has 0 aromatic heterocycles. The molecule has 1 saturated heterocycles. The van der Waals surface area contributed by atoms with E-state index in [9.17, 15) is 5.11 Å². The zero-order chi connectivity index (χ0) is 17.6. The second kappa shape index (κ2) is 8.86. The molecule has 2 aromatic rings. The number of hydrogen-bond acceptors (Lipinski definition) is 4. The number of benzene rings is 2. The summed E-state index contributed by atoms with van der Waals surface area (Å²) < 4.78 is 12.5. The Morgan fingerprint density at radius 1 is 0.960 bits per heavy atom. The van der Waals surface area contributed by atoms with Crippen molar-refractivity contribution in [3.05, 3.63) is 66.2 Å². The minimum Gasteiger partial charge on any atom is -0.394 e. The molecule has 134 valence electrons. The molecule has 0 bridgehead atoms. The molecule has 3 rings (SSSR count). The van der Waals surface area contributed by atoms with Gasteiger partial charge in [-0.1, -0.05) is 74.1 Å². The third-order valence-corrected chi connectivity index (χ3v) is 6.13. The third kappa shape index (κ3) is 4.64. The van der Waals surface area contributed by atoms with Crippen LogP contribution in [-0.2, 0) is 16.1 Å². The molecule has 4 heteroatoms. The number of aliphatic hydroxyl groups excluding tert-OH is 1. The van der Waals surface area contributed by atoms with Gasteiger partial charge in [0.15, 0.2) is 0 Å². The van der Waals surface area contributed by atoms with E-state index < -0.39 is 0 Å². The van der Waals surface area contributed by atoms with Crippen LogP contribution in [0.4, 0.5) is 0 Å². The lowest BCUT2D eigenvalue weighted by Crippen LogP contribution is -2.50. The smallest absolute Gasteiger partial charge is 0.134 e. The predicted molar refractivity (Wildman–Crippen MR) is 101 cm³/mol. The van der Waals surface area contributed by atoms with E-state index in [0.717, 1.165) is 10.5 Å². The largest absolute Gasteiger partial charge is 0.394 e. The lowest BCUT2D eigenvalue weighted by molar-refractivity contribution is -0.168.